The van der Waals surface area contributed by atoms with Gasteiger partial charge in [-0.05, 0) is 67.9 Å². The molecule has 1 saturated carbocycles. The van der Waals surface area contributed by atoms with E-state index < -0.39 is 35.0 Å². The van der Waals surface area contributed by atoms with Gasteiger partial charge in [0, 0.05) is 45.0 Å². The molecule has 0 saturated heterocycles. The number of Topliss-reactive ketones (excluding diaryl/α,β-unsaturated/α-hetero) is 1. The van der Waals surface area contributed by atoms with Crippen LogP contribution in [0.2, 0.25) is 0 Å². The van der Waals surface area contributed by atoms with Crippen LogP contribution >= 0.6 is 0 Å². The quantitative estimate of drug-likeness (QED) is 0.209. The number of hydrogen-bond donors (Lipinski definition) is 3. The molecule has 2 aromatic rings. The van der Waals surface area contributed by atoms with E-state index in [1.54, 1.807) is 50.8 Å². The average molecular weight is 576 g/mol. The summed E-state index contributed by atoms with van der Waals surface area (Å²) in [4.78, 5) is 42.4. The van der Waals surface area contributed by atoms with Crippen LogP contribution in [-0.4, -0.2) is 64.6 Å². The molecular formula is C28H38FN5O5S. The van der Waals surface area contributed by atoms with E-state index in [2.05, 4.69) is 20.3 Å². The van der Waals surface area contributed by atoms with Gasteiger partial charge in [0.15, 0.2) is 11.2 Å². The molecule has 10 nitrogen and oxygen atoms in total. The highest BCUT2D eigenvalue weighted by molar-refractivity contribution is 7.80. The van der Waals surface area contributed by atoms with Gasteiger partial charge >= 0.3 is 6.09 Å². The minimum atomic E-state index is -1.32. The summed E-state index contributed by atoms with van der Waals surface area (Å²) in [7, 11) is 3.37. The van der Waals surface area contributed by atoms with Gasteiger partial charge in [0.25, 0.3) is 5.91 Å². The van der Waals surface area contributed by atoms with Gasteiger partial charge in [-0.25, -0.2) is 22.4 Å². The van der Waals surface area contributed by atoms with Crippen molar-refractivity contribution in [2.45, 2.75) is 57.5 Å². The van der Waals surface area contributed by atoms with E-state index in [1.807, 2.05) is 0 Å². The Hall–Kier alpha value is -3.22. The number of aromatic nitrogens is 1. The van der Waals surface area contributed by atoms with Gasteiger partial charge in [-0.1, -0.05) is 24.6 Å². The van der Waals surface area contributed by atoms with Crippen LogP contribution < -0.4 is 15.4 Å². The van der Waals surface area contributed by atoms with E-state index >= 15 is 0 Å². The molecule has 3 rings (SSSR count). The number of halogens is 1. The molecule has 1 fully saturated rings. The summed E-state index contributed by atoms with van der Waals surface area (Å²) in [6, 6.07) is 8.73. The molecule has 0 radical (unpaired) electrons. The zero-order valence-electron chi connectivity index (χ0n) is 23.0. The molecule has 0 spiro atoms. The third-order valence-corrected chi connectivity index (χ3v) is 8.02. The molecule has 2 amide bonds. The number of ketones is 1. The second-order valence-electron chi connectivity index (χ2n) is 10.3. The van der Waals surface area contributed by atoms with Crippen molar-refractivity contribution in [1.29, 1.82) is 0 Å². The van der Waals surface area contributed by atoms with Crippen molar-refractivity contribution in [2.24, 2.45) is 5.41 Å². The summed E-state index contributed by atoms with van der Waals surface area (Å²) in [5, 5.41) is 5.17. The molecule has 218 valence electrons. The van der Waals surface area contributed by atoms with Gasteiger partial charge in [-0.2, -0.15) is 0 Å². The first-order chi connectivity index (χ1) is 19.2. The van der Waals surface area contributed by atoms with Crippen LogP contribution in [0, 0.1) is 11.2 Å². The third-order valence-electron chi connectivity index (χ3n) is 6.90. The first kappa shape index (κ1) is 31.3. The standard InChI is InChI=1S/C28H38FN5O5S/c1-34(2)40(38)32-16-4-3-8-24(25(35)26(36)31-19-22-7-5-15-30-18-22)33-27(37)39-20-28(13-6-14-28)17-21-9-11-23(29)12-10-21/h5,7,9-12,15,18,24,32H,3-4,6,8,13-14,16-17,19-20H2,1-2H3,(H,31,36)(H,33,37)/t24-,40?/m0/s1. The lowest BCUT2D eigenvalue weighted by Gasteiger charge is -2.41. The molecule has 12 heteroatoms. The van der Waals surface area contributed by atoms with Crippen molar-refractivity contribution in [1.82, 2.24) is 24.6 Å². The summed E-state index contributed by atoms with van der Waals surface area (Å²) < 4.78 is 35.0. The Morgan fingerprint density at radius 1 is 1.12 bits per heavy atom. The number of carbonyl (C=O) groups is 3. The molecule has 1 aliphatic carbocycles. The lowest BCUT2D eigenvalue weighted by Crippen LogP contribution is -2.48. The minimum absolute atomic E-state index is 0.127. The highest BCUT2D eigenvalue weighted by atomic mass is 32.2. The maximum absolute atomic E-state index is 13.3. The molecule has 1 aromatic heterocycles. The number of pyridine rings is 1. The number of amides is 2. The molecule has 0 bridgehead atoms. The van der Waals surface area contributed by atoms with Crippen LogP contribution in [0.25, 0.3) is 0 Å². The maximum atomic E-state index is 13.3. The van der Waals surface area contributed by atoms with E-state index in [0.29, 0.717) is 25.8 Å². The maximum Gasteiger partial charge on any atom is 0.407 e. The van der Waals surface area contributed by atoms with E-state index in [9.17, 15) is 23.0 Å². The number of ether oxygens (including phenoxy) is 1. The average Bonchev–Trinajstić information content (AvgIpc) is 2.93. The largest absolute Gasteiger partial charge is 0.449 e. The van der Waals surface area contributed by atoms with Crippen LogP contribution in [0.4, 0.5) is 9.18 Å². The van der Waals surface area contributed by atoms with Crippen molar-refractivity contribution in [3.8, 4) is 0 Å². The number of carbonyl (C=O) groups excluding carboxylic acids is 3. The fourth-order valence-corrected chi connectivity index (χ4v) is 5.03. The van der Waals surface area contributed by atoms with Gasteiger partial charge < -0.3 is 15.4 Å². The van der Waals surface area contributed by atoms with Crippen molar-refractivity contribution in [2.75, 3.05) is 27.2 Å². The second kappa shape index (κ2) is 15.5. The minimum Gasteiger partial charge on any atom is -0.449 e. The van der Waals surface area contributed by atoms with Gasteiger partial charge in [0.2, 0.25) is 5.78 Å². The second-order valence-corrected chi connectivity index (χ2v) is 11.8. The Bertz CT molecular complexity index is 1150. The lowest BCUT2D eigenvalue weighted by atomic mass is 9.66. The smallest absolute Gasteiger partial charge is 0.407 e. The predicted molar refractivity (Wildman–Crippen MR) is 149 cm³/mol. The Morgan fingerprint density at radius 3 is 2.50 bits per heavy atom. The van der Waals surface area contributed by atoms with Gasteiger partial charge in [0.05, 0.1) is 6.61 Å². The molecule has 1 heterocycles. The molecule has 0 aliphatic heterocycles. The molecule has 1 aromatic carbocycles. The summed E-state index contributed by atoms with van der Waals surface area (Å²) >= 11 is -1.32. The molecule has 1 unspecified atom stereocenters. The lowest BCUT2D eigenvalue weighted by molar-refractivity contribution is -0.139. The molecule has 2 atom stereocenters. The predicted octanol–water partition coefficient (Wildman–Crippen LogP) is 2.81. The zero-order valence-corrected chi connectivity index (χ0v) is 23.8. The monoisotopic (exact) mass is 575 g/mol. The van der Waals surface area contributed by atoms with Gasteiger partial charge in [-0.3, -0.25) is 14.6 Å². The highest BCUT2D eigenvalue weighted by Gasteiger charge is 2.39. The molecule has 40 heavy (non-hydrogen) atoms. The number of unbranched alkanes of at least 4 members (excludes halogenated alkanes) is 1. The summed E-state index contributed by atoms with van der Waals surface area (Å²) in [5.41, 5.74) is 1.47. The van der Waals surface area contributed by atoms with E-state index in [4.69, 9.17) is 4.74 Å². The van der Waals surface area contributed by atoms with E-state index in [-0.39, 0.29) is 30.8 Å². The van der Waals surface area contributed by atoms with E-state index in [1.165, 1.54) is 16.4 Å². The van der Waals surface area contributed by atoms with E-state index in [0.717, 1.165) is 30.4 Å². The van der Waals surface area contributed by atoms with Crippen molar-refractivity contribution >= 4 is 29.0 Å². The number of nitrogens with zero attached hydrogens (tertiary/aromatic N) is 2. The topological polar surface area (TPSA) is 130 Å². The highest BCUT2D eigenvalue weighted by Crippen LogP contribution is 2.44. The summed E-state index contributed by atoms with van der Waals surface area (Å²) in [6.07, 6.45) is 7.13. The zero-order chi connectivity index (χ0) is 29.0. The SMILES string of the molecule is CN(C)S(=O)NCCCC[C@H](NC(=O)OCC1(Cc2ccc(F)cc2)CCC1)C(=O)C(=O)NCc1cccnc1. The fraction of sp³-hybridized carbons (Fsp3) is 0.500. The van der Waals surface area contributed by atoms with Crippen LogP contribution in [0.15, 0.2) is 48.8 Å². The van der Waals surface area contributed by atoms with Crippen LogP contribution in [0.1, 0.15) is 49.7 Å². The van der Waals surface area contributed by atoms with Crippen molar-refractivity contribution in [3.05, 3.63) is 65.7 Å². The van der Waals surface area contributed by atoms with Crippen LogP contribution in [0.5, 0.6) is 0 Å². The normalized spacial score (nSPS) is 15.5. The van der Waals surface area contributed by atoms with Crippen LogP contribution in [0.3, 0.4) is 0 Å². The Kier molecular flexibility index (Phi) is 12.2. The van der Waals surface area contributed by atoms with Gasteiger partial charge in [-0.15, -0.1) is 0 Å². The molecule has 1 aliphatic rings. The number of rotatable bonds is 16. The Balaban J connectivity index is 1.55. The van der Waals surface area contributed by atoms with Gasteiger partial charge in [0.1, 0.15) is 11.9 Å². The number of nitrogens with one attached hydrogen (secondary N) is 3. The third kappa shape index (κ3) is 10.1. The fourth-order valence-electron chi connectivity index (χ4n) is 4.45. The van der Waals surface area contributed by atoms with Crippen molar-refractivity contribution < 1.29 is 27.7 Å². The van der Waals surface area contributed by atoms with Crippen LogP contribution in [-0.2, 0) is 38.5 Å². The van der Waals surface area contributed by atoms with Crippen molar-refractivity contribution in [3.63, 3.8) is 0 Å². The molecule has 3 N–H and O–H groups in total. The number of benzene rings is 1. The Morgan fingerprint density at radius 2 is 1.88 bits per heavy atom. The number of hydrogen-bond acceptors (Lipinski definition) is 6. The first-order valence-electron chi connectivity index (χ1n) is 13.4. The summed E-state index contributed by atoms with van der Waals surface area (Å²) in [5.74, 6) is -1.88. The number of alkyl carbamates (subject to hydrolysis) is 1. The molecular weight excluding hydrogens is 537 g/mol. The Labute approximate surface area is 237 Å². The summed E-state index contributed by atoms with van der Waals surface area (Å²) in [6.45, 7) is 0.724. The first-order valence-corrected chi connectivity index (χ1v) is 14.5.